The molecule has 80 valence electrons. The van der Waals surface area contributed by atoms with Gasteiger partial charge in [0.15, 0.2) is 18.1 Å². The lowest BCUT2D eigenvalue weighted by atomic mass is 10.3. The van der Waals surface area contributed by atoms with Gasteiger partial charge in [0.2, 0.25) is 0 Å². The molecule has 0 spiro atoms. The minimum Gasteiger partial charge on any atom is -0.481 e. The predicted octanol–water partition coefficient (Wildman–Crippen LogP) is -0.0477. The molecule has 0 saturated heterocycles. The summed E-state index contributed by atoms with van der Waals surface area (Å²) in [5.74, 6) is -1.85. The van der Waals surface area contributed by atoms with Gasteiger partial charge in [-0.3, -0.25) is 4.79 Å². The number of amides is 1. The number of carbonyl (C=O) groups excluding carboxylic acids is 1. The predicted molar refractivity (Wildman–Crippen MR) is 50.6 cm³/mol. The molecule has 0 fully saturated rings. The van der Waals surface area contributed by atoms with Crippen molar-refractivity contribution in [3.8, 4) is 5.75 Å². The number of carbonyl (C=O) groups is 2. The third-order valence-electron chi connectivity index (χ3n) is 1.57. The van der Waals surface area contributed by atoms with Gasteiger partial charge in [-0.1, -0.05) is 0 Å². The van der Waals surface area contributed by atoms with Gasteiger partial charge in [0.1, 0.15) is 0 Å². The van der Waals surface area contributed by atoms with Crippen LogP contribution in [0.1, 0.15) is 16.2 Å². The van der Waals surface area contributed by atoms with Crippen molar-refractivity contribution in [3.05, 3.63) is 23.5 Å². The molecule has 0 aliphatic carbocycles. The maximum atomic E-state index is 10.8. The fourth-order valence-corrected chi connectivity index (χ4v) is 0.963. The van der Waals surface area contributed by atoms with Gasteiger partial charge in [-0.05, 0) is 19.1 Å². The first-order valence-corrected chi connectivity index (χ1v) is 4.12. The number of carboxylic acids is 1. The van der Waals surface area contributed by atoms with Gasteiger partial charge in [-0.15, -0.1) is 0 Å². The first-order chi connectivity index (χ1) is 7.00. The molecule has 6 nitrogen and oxygen atoms in total. The number of ether oxygens (including phenoxy) is 1. The molecule has 1 aromatic heterocycles. The van der Waals surface area contributed by atoms with E-state index in [-0.39, 0.29) is 18.1 Å². The number of aryl methyl sites for hydroxylation is 1. The van der Waals surface area contributed by atoms with Gasteiger partial charge < -0.3 is 15.6 Å². The molecule has 0 radical (unpaired) electrons. The van der Waals surface area contributed by atoms with Crippen LogP contribution >= 0.6 is 0 Å². The maximum Gasteiger partial charge on any atom is 0.358 e. The Kier molecular flexibility index (Phi) is 3.22. The Morgan fingerprint density at radius 3 is 2.73 bits per heavy atom. The standard InChI is InChI=1S/C9H10N2O4/c1-5-2-3-6(15-4-7(10)12)8(11-5)9(13)14/h2-3H,4H2,1H3,(H2,10,12)(H,13,14). The van der Waals surface area contributed by atoms with Crippen LogP contribution in [0.15, 0.2) is 12.1 Å². The molecule has 1 rings (SSSR count). The van der Waals surface area contributed by atoms with Crippen molar-refractivity contribution in [1.29, 1.82) is 0 Å². The second-order valence-electron chi connectivity index (χ2n) is 2.86. The van der Waals surface area contributed by atoms with Crippen molar-refractivity contribution in [2.45, 2.75) is 6.92 Å². The van der Waals surface area contributed by atoms with E-state index in [2.05, 4.69) is 4.98 Å². The molecular formula is C9H10N2O4. The second-order valence-corrected chi connectivity index (χ2v) is 2.86. The average Bonchev–Trinajstić information content (AvgIpc) is 2.15. The van der Waals surface area contributed by atoms with E-state index < -0.39 is 11.9 Å². The molecule has 1 aromatic rings. The zero-order chi connectivity index (χ0) is 11.4. The van der Waals surface area contributed by atoms with Crippen molar-refractivity contribution < 1.29 is 19.4 Å². The fourth-order valence-electron chi connectivity index (χ4n) is 0.963. The minimum atomic E-state index is -1.21. The van der Waals surface area contributed by atoms with E-state index in [0.717, 1.165) is 0 Å². The number of aromatic carboxylic acids is 1. The quantitative estimate of drug-likeness (QED) is 0.725. The first-order valence-electron chi connectivity index (χ1n) is 4.12. The summed E-state index contributed by atoms with van der Waals surface area (Å²) in [4.78, 5) is 25.0. The summed E-state index contributed by atoms with van der Waals surface area (Å²) in [6.45, 7) is 1.29. The van der Waals surface area contributed by atoms with Gasteiger partial charge in [0.25, 0.3) is 5.91 Å². The lowest BCUT2D eigenvalue weighted by molar-refractivity contribution is -0.119. The van der Waals surface area contributed by atoms with Crippen LogP contribution in [0.5, 0.6) is 5.75 Å². The third-order valence-corrected chi connectivity index (χ3v) is 1.57. The van der Waals surface area contributed by atoms with Crippen LogP contribution in [0.4, 0.5) is 0 Å². The van der Waals surface area contributed by atoms with Crippen molar-refractivity contribution >= 4 is 11.9 Å². The summed E-state index contributed by atoms with van der Waals surface area (Å²) in [6, 6.07) is 3.03. The summed E-state index contributed by atoms with van der Waals surface area (Å²) in [5, 5.41) is 8.80. The Balaban J connectivity index is 2.95. The number of hydrogen-bond acceptors (Lipinski definition) is 4. The Morgan fingerprint density at radius 2 is 2.20 bits per heavy atom. The number of nitrogens with zero attached hydrogens (tertiary/aromatic N) is 1. The van der Waals surface area contributed by atoms with Crippen molar-refractivity contribution in [2.75, 3.05) is 6.61 Å². The lowest BCUT2D eigenvalue weighted by Crippen LogP contribution is -2.21. The van der Waals surface area contributed by atoms with Crippen molar-refractivity contribution in [3.63, 3.8) is 0 Å². The monoisotopic (exact) mass is 210 g/mol. The van der Waals surface area contributed by atoms with Crippen LogP contribution in [-0.4, -0.2) is 28.6 Å². The number of primary amides is 1. The van der Waals surface area contributed by atoms with Gasteiger partial charge in [-0.25, -0.2) is 9.78 Å². The van der Waals surface area contributed by atoms with Gasteiger partial charge in [0, 0.05) is 5.69 Å². The molecule has 0 unspecified atom stereocenters. The van der Waals surface area contributed by atoms with E-state index >= 15 is 0 Å². The number of nitrogens with two attached hydrogens (primary N) is 1. The van der Waals surface area contributed by atoms with Crippen LogP contribution in [0.25, 0.3) is 0 Å². The maximum absolute atomic E-state index is 10.8. The number of hydrogen-bond donors (Lipinski definition) is 2. The molecule has 1 heterocycles. The zero-order valence-corrected chi connectivity index (χ0v) is 8.06. The molecule has 6 heteroatoms. The number of pyridine rings is 1. The molecule has 3 N–H and O–H groups in total. The van der Waals surface area contributed by atoms with E-state index in [1.165, 1.54) is 6.07 Å². The summed E-state index contributed by atoms with van der Waals surface area (Å²) in [5.41, 5.74) is 5.19. The summed E-state index contributed by atoms with van der Waals surface area (Å²) >= 11 is 0. The van der Waals surface area contributed by atoms with Crippen molar-refractivity contribution in [2.24, 2.45) is 5.73 Å². The number of carboxylic acid groups (broad SMARTS) is 1. The summed E-state index contributed by atoms with van der Waals surface area (Å²) in [6.07, 6.45) is 0. The third kappa shape index (κ3) is 2.94. The molecule has 0 atom stereocenters. The van der Waals surface area contributed by atoms with E-state index in [1.54, 1.807) is 13.0 Å². The topological polar surface area (TPSA) is 103 Å². The Labute approximate surface area is 85.7 Å². The van der Waals surface area contributed by atoms with E-state index in [0.29, 0.717) is 5.69 Å². The largest absolute Gasteiger partial charge is 0.481 e. The van der Waals surface area contributed by atoms with Gasteiger partial charge in [0.05, 0.1) is 0 Å². The molecule has 0 aliphatic rings. The van der Waals surface area contributed by atoms with Gasteiger partial charge >= 0.3 is 5.97 Å². The SMILES string of the molecule is Cc1ccc(OCC(N)=O)c(C(=O)O)n1. The molecule has 1 amide bonds. The van der Waals surface area contributed by atoms with Crippen LogP contribution in [0, 0.1) is 6.92 Å². The second kappa shape index (κ2) is 4.41. The zero-order valence-electron chi connectivity index (χ0n) is 8.06. The fraction of sp³-hybridized carbons (Fsp3) is 0.222. The molecule has 0 bridgehead atoms. The normalized spacial score (nSPS) is 9.67. The molecule has 0 aliphatic heterocycles. The van der Waals surface area contributed by atoms with E-state index in [9.17, 15) is 9.59 Å². The molecule has 0 saturated carbocycles. The van der Waals surface area contributed by atoms with Gasteiger partial charge in [-0.2, -0.15) is 0 Å². The van der Waals surface area contributed by atoms with E-state index in [1.807, 2.05) is 0 Å². The van der Waals surface area contributed by atoms with Crippen LogP contribution in [0.3, 0.4) is 0 Å². The highest BCUT2D eigenvalue weighted by atomic mass is 16.5. The highest BCUT2D eigenvalue weighted by molar-refractivity contribution is 5.88. The first kappa shape index (κ1) is 11.0. The summed E-state index contributed by atoms with van der Waals surface area (Å²) in [7, 11) is 0. The Morgan fingerprint density at radius 1 is 1.53 bits per heavy atom. The van der Waals surface area contributed by atoms with Crippen LogP contribution in [0.2, 0.25) is 0 Å². The molecular weight excluding hydrogens is 200 g/mol. The Bertz CT molecular complexity index is 403. The highest BCUT2D eigenvalue weighted by Crippen LogP contribution is 2.16. The highest BCUT2D eigenvalue weighted by Gasteiger charge is 2.13. The molecule has 0 aromatic carbocycles. The number of aromatic nitrogens is 1. The average molecular weight is 210 g/mol. The lowest BCUT2D eigenvalue weighted by Gasteiger charge is -2.06. The van der Waals surface area contributed by atoms with Crippen LogP contribution in [-0.2, 0) is 4.79 Å². The number of rotatable bonds is 4. The summed E-state index contributed by atoms with van der Waals surface area (Å²) < 4.78 is 4.90. The van der Waals surface area contributed by atoms with Crippen molar-refractivity contribution in [1.82, 2.24) is 4.98 Å². The Hall–Kier alpha value is -2.11. The molecule has 15 heavy (non-hydrogen) atoms. The van der Waals surface area contributed by atoms with Crippen LogP contribution < -0.4 is 10.5 Å². The van der Waals surface area contributed by atoms with E-state index in [4.69, 9.17) is 15.6 Å². The minimum absolute atomic E-state index is 0.0342. The smallest absolute Gasteiger partial charge is 0.358 e.